The van der Waals surface area contributed by atoms with Gasteiger partial charge >= 0.3 is 25.0 Å². The molecule has 0 unspecified atom stereocenters. The number of halogens is 1. The van der Waals surface area contributed by atoms with E-state index in [1.54, 1.807) is 26.8 Å². The second kappa shape index (κ2) is 6.49. The number of carboxylic acid groups (broad SMARTS) is 1. The van der Waals surface area contributed by atoms with E-state index in [2.05, 4.69) is 4.98 Å². The average Bonchev–Trinajstić information content (AvgIpc) is 2.27. The number of hydrogen-bond donors (Lipinski definition) is 0. The number of pyridine rings is 1. The van der Waals surface area contributed by atoms with Gasteiger partial charge in [0.1, 0.15) is 5.60 Å². The smallest absolute Gasteiger partial charge is 0.549 e. The normalized spacial score (nSPS) is 16.3. The van der Waals surface area contributed by atoms with Crippen molar-refractivity contribution in [3.05, 3.63) is 29.0 Å². The zero-order valence-electron chi connectivity index (χ0n) is 13.1. The summed E-state index contributed by atoms with van der Waals surface area (Å²) >= 11 is 5.74. The summed E-state index contributed by atoms with van der Waals surface area (Å²) in [7, 11) is 0. The summed E-state index contributed by atoms with van der Waals surface area (Å²) in [6.45, 7) is 5.18. The number of nitrogens with zero attached hydrogens (tertiary/aromatic N) is 2. The van der Waals surface area contributed by atoms with E-state index in [1.807, 2.05) is 0 Å². The number of carboxylic acids is 1. The van der Waals surface area contributed by atoms with Gasteiger partial charge in [0.25, 0.3) is 0 Å². The molecule has 2 rings (SSSR count). The van der Waals surface area contributed by atoms with Crippen LogP contribution in [0, 0.1) is 0 Å². The molecule has 0 atom stereocenters. The van der Waals surface area contributed by atoms with Crippen molar-refractivity contribution in [3.8, 4) is 0 Å². The molecule has 2 heterocycles. The summed E-state index contributed by atoms with van der Waals surface area (Å²) in [5.74, 6) is -1.27. The molecule has 1 aromatic rings. The molecule has 22 heavy (non-hydrogen) atoms. The predicted octanol–water partition coefficient (Wildman–Crippen LogP) is -2.02. The number of carbonyl (C=O) groups excluding carboxylic acids is 2. The first-order valence-electron chi connectivity index (χ1n) is 6.45. The van der Waals surface area contributed by atoms with Crippen molar-refractivity contribution in [3.63, 3.8) is 0 Å². The van der Waals surface area contributed by atoms with Crippen molar-refractivity contribution < 1.29 is 38.3 Å². The van der Waals surface area contributed by atoms with E-state index in [4.69, 9.17) is 16.3 Å². The molecule has 1 aliphatic rings. The number of ether oxygens (including phenoxy) is 1. The third-order valence-electron chi connectivity index (χ3n) is 3.18. The Morgan fingerprint density at radius 1 is 1.36 bits per heavy atom. The molecule has 6 nitrogen and oxygen atoms in total. The first-order valence-corrected chi connectivity index (χ1v) is 6.83. The van der Waals surface area contributed by atoms with Crippen LogP contribution in [0.3, 0.4) is 0 Å². The van der Waals surface area contributed by atoms with Crippen molar-refractivity contribution in [2.45, 2.75) is 31.8 Å². The minimum absolute atomic E-state index is 0. The molecule has 0 aliphatic carbocycles. The fourth-order valence-corrected chi connectivity index (χ4v) is 2.23. The molecule has 0 saturated carbocycles. The Bertz CT molecular complexity index is 565. The number of aliphatic carboxylic acids is 1. The minimum atomic E-state index is -1.30. The average molecular weight is 319 g/mol. The van der Waals surface area contributed by atoms with Crippen LogP contribution in [-0.2, 0) is 14.9 Å². The van der Waals surface area contributed by atoms with E-state index in [1.165, 1.54) is 17.2 Å². The summed E-state index contributed by atoms with van der Waals surface area (Å²) < 4.78 is 5.20. The number of rotatable bonds is 2. The van der Waals surface area contributed by atoms with Crippen LogP contribution in [0.15, 0.2) is 18.3 Å². The fraction of sp³-hybridized carbons (Fsp3) is 0.500. The largest absolute Gasteiger partial charge is 1.00 e. The molecule has 1 amide bonds. The van der Waals surface area contributed by atoms with Gasteiger partial charge in [-0.3, -0.25) is 4.98 Å². The van der Waals surface area contributed by atoms with Gasteiger partial charge in [-0.1, -0.05) is 11.6 Å². The minimum Gasteiger partial charge on any atom is -0.549 e. The van der Waals surface area contributed by atoms with Crippen LogP contribution in [0.4, 0.5) is 4.79 Å². The monoisotopic (exact) mass is 318 g/mol. The quantitative estimate of drug-likeness (QED) is 0.588. The van der Waals surface area contributed by atoms with Crippen LogP contribution < -0.4 is 24.0 Å². The van der Waals surface area contributed by atoms with Crippen molar-refractivity contribution in [2.24, 2.45) is 0 Å². The molecule has 0 N–H and O–H groups in total. The van der Waals surface area contributed by atoms with Gasteiger partial charge in [0.2, 0.25) is 0 Å². The summed E-state index contributed by atoms with van der Waals surface area (Å²) in [4.78, 5) is 28.7. The van der Waals surface area contributed by atoms with Crippen LogP contribution in [0.2, 0.25) is 5.02 Å². The summed E-state index contributed by atoms with van der Waals surface area (Å²) in [5, 5.41) is 11.9. The van der Waals surface area contributed by atoms with Crippen molar-refractivity contribution in [2.75, 3.05) is 13.1 Å². The molecule has 114 valence electrons. The Balaban J connectivity index is 0.00000242. The van der Waals surface area contributed by atoms with E-state index in [9.17, 15) is 14.7 Å². The van der Waals surface area contributed by atoms with E-state index >= 15 is 0 Å². The summed E-state index contributed by atoms with van der Waals surface area (Å²) in [5.41, 5.74) is -1.61. The van der Waals surface area contributed by atoms with Crippen molar-refractivity contribution >= 4 is 23.7 Å². The SMILES string of the molecule is CC(C)(C)OC(=O)N1CC(C(=O)[O-])(c2ccc(Cl)cn2)C1.[Li+]. The second-order valence-corrected chi connectivity index (χ2v) is 6.50. The maximum atomic E-state index is 11.9. The molecule has 0 aromatic carbocycles. The molecule has 1 saturated heterocycles. The molecule has 1 aliphatic heterocycles. The van der Waals surface area contributed by atoms with Crippen LogP contribution >= 0.6 is 11.6 Å². The Kier molecular flexibility index (Phi) is 5.55. The second-order valence-electron chi connectivity index (χ2n) is 6.07. The summed E-state index contributed by atoms with van der Waals surface area (Å²) in [6, 6.07) is 3.09. The topological polar surface area (TPSA) is 82.6 Å². The molecule has 8 heteroatoms. The van der Waals surface area contributed by atoms with Gasteiger partial charge in [-0.05, 0) is 32.9 Å². The van der Waals surface area contributed by atoms with E-state index < -0.39 is 23.1 Å². The van der Waals surface area contributed by atoms with Crippen LogP contribution in [0.1, 0.15) is 26.5 Å². The van der Waals surface area contributed by atoms with Gasteiger partial charge in [-0.25, -0.2) is 4.79 Å². The molecular weight excluding hydrogens is 303 g/mol. The van der Waals surface area contributed by atoms with Crippen molar-refractivity contribution in [1.29, 1.82) is 0 Å². The standard InChI is InChI=1S/C14H17ClN2O4.Li/c1-13(2,3)21-12(20)17-7-14(8-17,11(18)19)10-5-4-9(15)6-16-10;/h4-6H,7-8H2,1-3H3,(H,18,19);/q;+1/p-1. The molecule has 0 spiro atoms. The first kappa shape index (κ1) is 18.8. The van der Waals surface area contributed by atoms with Gasteiger partial charge < -0.3 is 19.5 Å². The molecule has 1 fully saturated rings. The maximum Gasteiger partial charge on any atom is 1.00 e. The van der Waals surface area contributed by atoms with Gasteiger partial charge in [0.05, 0.1) is 22.1 Å². The molecule has 0 bridgehead atoms. The Morgan fingerprint density at radius 2 is 1.95 bits per heavy atom. The zero-order chi connectivity index (χ0) is 15.8. The third kappa shape index (κ3) is 3.75. The number of carbonyl (C=O) groups is 2. The Labute approximate surface area is 146 Å². The van der Waals surface area contributed by atoms with Gasteiger partial charge in [-0.15, -0.1) is 0 Å². The maximum absolute atomic E-state index is 11.9. The zero-order valence-corrected chi connectivity index (χ0v) is 13.8. The van der Waals surface area contributed by atoms with Gasteiger partial charge in [0, 0.05) is 19.3 Å². The number of likely N-dealkylation sites (tertiary alicyclic amines) is 1. The predicted molar refractivity (Wildman–Crippen MR) is 73.7 cm³/mol. The van der Waals surface area contributed by atoms with Crippen molar-refractivity contribution in [1.82, 2.24) is 9.88 Å². The number of hydrogen-bond acceptors (Lipinski definition) is 5. The molecule has 1 aromatic heterocycles. The van der Waals surface area contributed by atoms with Crippen LogP contribution in [0.25, 0.3) is 0 Å². The molecular formula is C14H16ClLiN2O4. The first-order chi connectivity index (χ1) is 9.64. The van der Waals surface area contributed by atoms with E-state index in [0.717, 1.165) is 0 Å². The van der Waals surface area contributed by atoms with Crippen LogP contribution in [-0.4, -0.2) is 40.6 Å². The van der Waals surface area contributed by atoms with Gasteiger partial charge in [0.15, 0.2) is 0 Å². The fourth-order valence-electron chi connectivity index (χ4n) is 2.12. The number of amides is 1. The Morgan fingerprint density at radius 3 is 2.36 bits per heavy atom. The van der Waals surface area contributed by atoms with E-state index in [-0.39, 0.29) is 32.0 Å². The van der Waals surface area contributed by atoms with E-state index in [0.29, 0.717) is 10.7 Å². The third-order valence-corrected chi connectivity index (χ3v) is 3.41. The van der Waals surface area contributed by atoms with Gasteiger partial charge in [-0.2, -0.15) is 0 Å². The summed E-state index contributed by atoms with van der Waals surface area (Å²) in [6.07, 6.45) is 0.825. The Hall–Kier alpha value is -1.22. The number of aromatic nitrogens is 1. The van der Waals surface area contributed by atoms with Crippen LogP contribution in [0.5, 0.6) is 0 Å². The molecule has 0 radical (unpaired) electrons.